The number of nitrogens with one attached hydrogen (secondary N) is 2. The minimum Gasteiger partial charge on any atom is -0.497 e. The SMILES string of the molecule is COc1ccc(NC(=O)C(c2cccc(C)c2C)N(C(=O)C(CO)NC(=O)OC(C)(C)C)C2CCC2)cc1. The number of benzene rings is 2. The number of alkyl carbamates (subject to hydrolysis) is 1. The Bertz CT molecular complexity index is 1140. The van der Waals surface area contributed by atoms with E-state index < -0.39 is 42.2 Å². The topological polar surface area (TPSA) is 117 Å². The Hall–Kier alpha value is -3.59. The third-order valence-electron chi connectivity index (χ3n) is 6.72. The number of nitrogens with zero attached hydrogens (tertiary/aromatic N) is 1. The fraction of sp³-hybridized carbons (Fsp3) is 0.483. The van der Waals surface area contributed by atoms with Gasteiger partial charge in [0.1, 0.15) is 23.4 Å². The van der Waals surface area contributed by atoms with Crippen molar-refractivity contribution in [1.82, 2.24) is 10.2 Å². The zero-order valence-corrected chi connectivity index (χ0v) is 23.0. The van der Waals surface area contributed by atoms with Crippen LogP contribution in [0, 0.1) is 13.8 Å². The van der Waals surface area contributed by atoms with Crippen LogP contribution >= 0.6 is 0 Å². The van der Waals surface area contributed by atoms with Crippen molar-refractivity contribution in [2.45, 2.75) is 77.6 Å². The highest BCUT2D eigenvalue weighted by Gasteiger charge is 2.42. The van der Waals surface area contributed by atoms with E-state index in [-0.39, 0.29) is 6.04 Å². The highest BCUT2D eigenvalue weighted by Crippen LogP contribution is 2.36. The minimum absolute atomic E-state index is 0.219. The Morgan fingerprint density at radius 1 is 1.08 bits per heavy atom. The van der Waals surface area contributed by atoms with Gasteiger partial charge in [-0.3, -0.25) is 9.59 Å². The Balaban J connectivity index is 2.01. The van der Waals surface area contributed by atoms with Gasteiger partial charge >= 0.3 is 6.09 Å². The number of hydrogen-bond acceptors (Lipinski definition) is 6. The van der Waals surface area contributed by atoms with Crippen molar-refractivity contribution in [3.05, 3.63) is 59.2 Å². The molecule has 1 fully saturated rings. The van der Waals surface area contributed by atoms with Crippen LogP contribution in [0.15, 0.2) is 42.5 Å². The molecule has 0 saturated heterocycles. The van der Waals surface area contributed by atoms with Crippen LogP contribution in [0.1, 0.15) is 62.8 Å². The molecule has 2 aromatic rings. The van der Waals surface area contributed by atoms with Gasteiger partial charge in [-0.05, 0) is 94.8 Å². The van der Waals surface area contributed by atoms with Crippen molar-refractivity contribution >= 4 is 23.6 Å². The van der Waals surface area contributed by atoms with Gasteiger partial charge in [-0.25, -0.2) is 4.79 Å². The van der Waals surface area contributed by atoms with Crippen LogP contribution in [0.5, 0.6) is 5.75 Å². The van der Waals surface area contributed by atoms with E-state index in [0.29, 0.717) is 29.8 Å². The predicted octanol–water partition coefficient (Wildman–Crippen LogP) is 4.26. The van der Waals surface area contributed by atoms with Gasteiger partial charge in [-0.1, -0.05) is 18.2 Å². The summed E-state index contributed by atoms with van der Waals surface area (Å²) in [5.74, 6) is -0.281. The van der Waals surface area contributed by atoms with E-state index in [2.05, 4.69) is 10.6 Å². The molecule has 0 aliphatic heterocycles. The quantitative estimate of drug-likeness (QED) is 0.450. The van der Waals surface area contributed by atoms with Crippen LogP contribution < -0.4 is 15.4 Å². The maximum Gasteiger partial charge on any atom is 0.408 e. The van der Waals surface area contributed by atoms with Gasteiger partial charge < -0.3 is 30.1 Å². The van der Waals surface area contributed by atoms with Gasteiger partial charge in [0.25, 0.3) is 5.91 Å². The molecule has 2 unspecified atom stereocenters. The number of methoxy groups -OCH3 is 1. The molecule has 1 aliphatic rings. The summed E-state index contributed by atoms with van der Waals surface area (Å²) in [7, 11) is 1.56. The second kappa shape index (κ2) is 12.3. The van der Waals surface area contributed by atoms with Gasteiger partial charge in [0.15, 0.2) is 0 Å². The van der Waals surface area contributed by atoms with Crippen LogP contribution in [0.4, 0.5) is 10.5 Å². The number of amides is 3. The molecular formula is C29H39N3O6. The van der Waals surface area contributed by atoms with Crippen LogP contribution in [0.3, 0.4) is 0 Å². The van der Waals surface area contributed by atoms with Crippen molar-refractivity contribution in [3.63, 3.8) is 0 Å². The number of hydrogen-bond donors (Lipinski definition) is 3. The number of aliphatic hydroxyl groups is 1. The van der Waals surface area contributed by atoms with E-state index in [4.69, 9.17) is 9.47 Å². The van der Waals surface area contributed by atoms with Crippen LogP contribution in [-0.4, -0.2) is 59.3 Å². The first kappa shape index (κ1) is 29.0. The number of aliphatic hydroxyl groups excluding tert-OH is 1. The highest BCUT2D eigenvalue weighted by molar-refractivity contribution is 5.99. The molecule has 206 valence electrons. The summed E-state index contributed by atoms with van der Waals surface area (Å²) in [6.45, 7) is 8.37. The standard InChI is InChI=1S/C29H39N3O6/c1-18-9-7-12-23(19(18)2)25(26(34)30-20-13-15-22(37-6)16-14-20)32(21-10-8-11-21)27(35)24(17-33)31-28(36)38-29(3,4)5/h7,9,12-16,21,24-25,33H,8,10-11,17H2,1-6H3,(H,30,34)(H,31,36). The molecule has 3 amide bonds. The molecule has 0 spiro atoms. The molecule has 9 heteroatoms. The third kappa shape index (κ3) is 7.04. The molecule has 1 aliphatic carbocycles. The summed E-state index contributed by atoms with van der Waals surface area (Å²) in [6.07, 6.45) is 1.53. The van der Waals surface area contributed by atoms with Crippen molar-refractivity contribution in [2.24, 2.45) is 0 Å². The zero-order valence-electron chi connectivity index (χ0n) is 23.0. The lowest BCUT2D eigenvalue weighted by atomic mass is 9.86. The number of ether oxygens (including phenoxy) is 2. The molecular weight excluding hydrogens is 486 g/mol. The largest absolute Gasteiger partial charge is 0.497 e. The van der Waals surface area contributed by atoms with Crippen molar-refractivity contribution in [3.8, 4) is 5.75 Å². The van der Waals surface area contributed by atoms with Gasteiger partial charge in [-0.2, -0.15) is 0 Å². The first-order valence-corrected chi connectivity index (χ1v) is 12.9. The maximum atomic E-state index is 14.0. The average Bonchev–Trinajstić information content (AvgIpc) is 2.82. The van der Waals surface area contributed by atoms with E-state index >= 15 is 0 Å². The second-order valence-electron chi connectivity index (χ2n) is 10.6. The van der Waals surface area contributed by atoms with E-state index in [1.54, 1.807) is 52.1 Å². The lowest BCUT2D eigenvalue weighted by Crippen LogP contribution is -2.58. The number of carbonyl (C=O) groups excluding carboxylic acids is 3. The first-order chi connectivity index (χ1) is 17.9. The van der Waals surface area contributed by atoms with Crippen LogP contribution in [0.2, 0.25) is 0 Å². The van der Waals surface area contributed by atoms with Crippen LogP contribution in [0.25, 0.3) is 0 Å². The maximum absolute atomic E-state index is 14.0. The zero-order chi connectivity index (χ0) is 28.0. The first-order valence-electron chi connectivity index (χ1n) is 12.9. The molecule has 38 heavy (non-hydrogen) atoms. The molecule has 3 N–H and O–H groups in total. The van der Waals surface area contributed by atoms with E-state index in [9.17, 15) is 19.5 Å². The highest BCUT2D eigenvalue weighted by atomic mass is 16.6. The molecule has 0 aromatic heterocycles. The van der Waals surface area contributed by atoms with Gasteiger partial charge in [-0.15, -0.1) is 0 Å². The summed E-state index contributed by atoms with van der Waals surface area (Å²) in [5.41, 5.74) is 2.33. The fourth-order valence-corrected chi connectivity index (χ4v) is 4.37. The van der Waals surface area contributed by atoms with Crippen LogP contribution in [-0.2, 0) is 14.3 Å². The summed E-state index contributed by atoms with van der Waals surface area (Å²) in [4.78, 5) is 41.9. The Morgan fingerprint density at radius 2 is 1.74 bits per heavy atom. The average molecular weight is 526 g/mol. The molecule has 1 saturated carbocycles. The monoisotopic (exact) mass is 525 g/mol. The van der Waals surface area contributed by atoms with Crippen molar-refractivity contribution in [1.29, 1.82) is 0 Å². The molecule has 2 aromatic carbocycles. The third-order valence-corrected chi connectivity index (χ3v) is 6.72. The second-order valence-corrected chi connectivity index (χ2v) is 10.6. The van der Waals surface area contributed by atoms with Gasteiger partial charge in [0.05, 0.1) is 13.7 Å². The van der Waals surface area contributed by atoms with E-state index in [0.717, 1.165) is 17.5 Å². The summed E-state index contributed by atoms with van der Waals surface area (Å²) >= 11 is 0. The van der Waals surface area contributed by atoms with Crippen molar-refractivity contribution in [2.75, 3.05) is 19.0 Å². The Kier molecular flexibility index (Phi) is 9.38. The summed E-state index contributed by atoms with van der Waals surface area (Å²) in [6, 6.07) is 10.1. The van der Waals surface area contributed by atoms with Crippen molar-refractivity contribution < 1.29 is 29.0 Å². The summed E-state index contributed by atoms with van der Waals surface area (Å²) in [5, 5.41) is 15.5. The molecule has 9 nitrogen and oxygen atoms in total. The molecule has 0 radical (unpaired) electrons. The number of rotatable bonds is 9. The molecule has 0 bridgehead atoms. The number of aryl methyl sites for hydroxylation is 1. The number of anilines is 1. The predicted molar refractivity (Wildman–Crippen MR) is 145 cm³/mol. The Morgan fingerprint density at radius 3 is 2.26 bits per heavy atom. The molecule has 3 rings (SSSR count). The molecule has 2 atom stereocenters. The minimum atomic E-state index is -1.27. The Labute approximate surface area is 224 Å². The number of carbonyl (C=O) groups is 3. The molecule has 0 heterocycles. The normalized spacial score (nSPS) is 15.0. The lowest BCUT2D eigenvalue weighted by Gasteiger charge is -2.43. The van der Waals surface area contributed by atoms with E-state index in [1.807, 2.05) is 32.0 Å². The van der Waals surface area contributed by atoms with Gasteiger partial charge in [0.2, 0.25) is 5.91 Å². The summed E-state index contributed by atoms with van der Waals surface area (Å²) < 4.78 is 10.5. The smallest absolute Gasteiger partial charge is 0.408 e. The van der Waals surface area contributed by atoms with Gasteiger partial charge in [0, 0.05) is 11.7 Å². The lowest BCUT2D eigenvalue weighted by molar-refractivity contribution is -0.146. The van der Waals surface area contributed by atoms with E-state index in [1.165, 1.54) is 4.90 Å². The fourth-order valence-electron chi connectivity index (χ4n) is 4.37.